The first-order valence-corrected chi connectivity index (χ1v) is 13.9. The van der Waals surface area contributed by atoms with Crippen LogP contribution in [0.2, 0.25) is 0 Å². The van der Waals surface area contributed by atoms with Gasteiger partial charge in [-0.05, 0) is 60.0 Å². The van der Waals surface area contributed by atoms with Crippen molar-refractivity contribution >= 4 is 29.1 Å². The van der Waals surface area contributed by atoms with Gasteiger partial charge in [0.15, 0.2) is 0 Å². The van der Waals surface area contributed by atoms with Gasteiger partial charge in [-0.3, -0.25) is 19.4 Å². The molecule has 0 atom stereocenters. The zero-order valence-corrected chi connectivity index (χ0v) is 23.4. The maximum atomic E-state index is 13.8. The van der Waals surface area contributed by atoms with E-state index >= 15 is 0 Å². The van der Waals surface area contributed by atoms with Gasteiger partial charge in [-0.1, -0.05) is 18.2 Å². The van der Waals surface area contributed by atoms with Crippen molar-refractivity contribution < 1.29 is 9.59 Å². The second-order valence-corrected chi connectivity index (χ2v) is 10.6. The lowest BCUT2D eigenvalue weighted by molar-refractivity contribution is 0.0985. The summed E-state index contributed by atoms with van der Waals surface area (Å²) >= 11 is 0. The minimum atomic E-state index is -0.0840. The molecular weight excluding hydrogens is 516 g/mol. The number of anilines is 3. The average Bonchev–Trinajstić information content (AvgIpc) is 3.24. The van der Waals surface area contributed by atoms with Gasteiger partial charge >= 0.3 is 6.03 Å². The summed E-state index contributed by atoms with van der Waals surface area (Å²) in [6.45, 7) is 6.72. The van der Waals surface area contributed by atoms with Gasteiger partial charge in [0.05, 0.1) is 24.1 Å². The van der Waals surface area contributed by atoms with Gasteiger partial charge in [-0.15, -0.1) is 0 Å². The molecule has 2 aliphatic rings. The number of aromatic nitrogens is 3. The summed E-state index contributed by atoms with van der Waals surface area (Å²) < 4.78 is 1.79. The molecule has 4 heterocycles. The van der Waals surface area contributed by atoms with Crippen LogP contribution in [0.25, 0.3) is 0 Å². The van der Waals surface area contributed by atoms with Gasteiger partial charge in [0, 0.05) is 69.8 Å². The lowest BCUT2D eigenvalue weighted by Crippen LogP contribution is -2.51. The van der Waals surface area contributed by atoms with E-state index in [1.165, 1.54) is 5.56 Å². The molecule has 0 bridgehead atoms. The summed E-state index contributed by atoms with van der Waals surface area (Å²) in [6.07, 6.45) is 5.42. The van der Waals surface area contributed by atoms with Crippen LogP contribution in [0, 0.1) is 6.92 Å². The summed E-state index contributed by atoms with van der Waals surface area (Å²) in [5.74, 6) is 0.796. The standard InChI is InChI=1S/C31H34N8O2/c1-22-17-24(30(40)39-21-26-19-34-36(2)29(26)35-27-5-3-4-6-28(27)39)7-8-25(22)18-33-31(41)38-15-13-37(14-16-38)20-23-9-11-32-12-10-23/h3-12,17,19,35H,13-16,18,20-21H2,1-2H3,(H,33,41). The third-order valence-corrected chi connectivity index (χ3v) is 7.87. The molecule has 10 heteroatoms. The number of amides is 3. The van der Waals surface area contributed by atoms with Crippen LogP contribution in [0.1, 0.15) is 32.6 Å². The summed E-state index contributed by atoms with van der Waals surface area (Å²) in [4.78, 5) is 36.8. The summed E-state index contributed by atoms with van der Waals surface area (Å²) in [5, 5.41) is 10.9. The van der Waals surface area contributed by atoms with Crippen LogP contribution in [0.15, 0.2) is 73.2 Å². The molecule has 41 heavy (non-hydrogen) atoms. The van der Waals surface area contributed by atoms with Crippen LogP contribution in [0.4, 0.5) is 22.0 Å². The lowest BCUT2D eigenvalue weighted by atomic mass is 10.0. The van der Waals surface area contributed by atoms with E-state index in [1.807, 2.05) is 85.9 Å². The van der Waals surface area contributed by atoms with E-state index in [-0.39, 0.29) is 11.9 Å². The first kappa shape index (κ1) is 26.5. The van der Waals surface area contributed by atoms with Crippen molar-refractivity contribution in [2.45, 2.75) is 26.6 Å². The highest BCUT2D eigenvalue weighted by Crippen LogP contribution is 2.36. The average molecular weight is 551 g/mol. The molecule has 2 aromatic heterocycles. The topological polar surface area (TPSA) is 98.6 Å². The van der Waals surface area contributed by atoms with Gasteiger partial charge in [-0.2, -0.15) is 5.10 Å². The Kier molecular flexibility index (Phi) is 7.39. The highest BCUT2D eigenvalue weighted by atomic mass is 16.2. The molecule has 10 nitrogen and oxygen atoms in total. The summed E-state index contributed by atoms with van der Waals surface area (Å²) in [6, 6.07) is 17.5. The second-order valence-electron chi connectivity index (χ2n) is 10.6. The normalized spacial score (nSPS) is 15.0. The van der Waals surface area contributed by atoms with Crippen molar-refractivity contribution in [3.63, 3.8) is 0 Å². The number of fused-ring (bicyclic) bond motifs is 2. The third-order valence-electron chi connectivity index (χ3n) is 7.87. The number of pyridine rings is 1. The van der Waals surface area contributed by atoms with Gasteiger partial charge < -0.3 is 20.4 Å². The van der Waals surface area contributed by atoms with Crippen molar-refractivity contribution in [2.24, 2.45) is 7.05 Å². The van der Waals surface area contributed by atoms with Crippen molar-refractivity contribution in [2.75, 3.05) is 36.4 Å². The van der Waals surface area contributed by atoms with Crippen LogP contribution in [0.3, 0.4) is 0 Å². The molecule has 0 aliphatic carbocycles. The first-order valence-electron chi connectivity index (χ1n) is 13.9. The molecule has 0 unspecified atom stereocenters. The molecular formula is C31H34N8O2. The largest absolute Gasteiger partial charge is 0.338 e. The Labute approximate surface area is 239 Å². The molecule has 210 valence electrons. The molecule has 6 rings (SSSR count). The fourth-order valence-electron chi connectivity index (χ4n) is 5.46. The van der Waals surface area contributed by atoms with E-state index in [9.17, 15) is 9.59 Å². The van der Waals surface area contributed by atoms with Crippen LogP contribution in [-0.4, -0.2) is 62.7 Å². The fourth-order valence-corrected chi connectivity index (χ4v) is 5.46. The zero-order valence-electron chi connectivity index (χ0n) is 23.4. The molecule has 2 aliphatic heterocycles. The minimum absolute atomic E-state index is 0.0611. The number of urea groups is 1. The molecule has 2 aromatic carbocycles. The van der Waals surface area contributed by atoms with Crippen molar-refractivity contribution in [3.05, 3.63) is 101 Å². The second kappa shape index (κ2) is 11.4. The highest BCUT2D eigenvalue weighted by Gasteiger charge is 2.27. The van der Waals surface area contributed by atoms with Crippen LogP contribution in [0.5, 0.6) is 0 Å². The number of hydrogen-bond acceptors (Lipinski definition) is 6. The van der Waals surface area contributed by atoms with Crippen LogP contribution < -0.4 is 15.5 Å². The van der Waals surface area contributed by atoms with E-state index in [4.69, 9.17) is 0 Å². The number of rotatable bonds is 5. The number of aryl methyl sites for hydroxylation is 2. The van der Waals surface area contributed by atoms with Crippen LogP contribution >= 0.6 is 0 Å². The molecule has 1 saturated heterocycles. The van der Waals surface area contributed by atoms with Crippen LogP contribution in [-0.2, 0) is 26.7 Å². The molecule has 0 spiro atoms. The maximum Gasteiger partial charge on any atom is 0.317 e. The Morgan fingerprint density at radius 3 is 2.56 bits per heavy atom. The first-order chi connectivity index (χ1) is 20.0. The number of para-hydroxylation sites is 2. The predicted molar refractivity (Wildman–Crippen MR) is 158 cm³/mol. The third kappa shape index (κ3) is 5.64. The van der Waals surface area contributed by atoms with Gasteiger partial charge in [0.1, 0.15) is 5.82 Å². The Hall–Kier alpha value is -4.70. The Morgan fingerprint density at radius 2 is 1.78 bits per heavy atom. The van der Waals surface area contributed by atoms with E-state index in [1.54, 1.807) is 15.8 Å². The predicted octanol–water partition coefficient (Wildman–Crippen LogP) is 4.05. The summed E-state index contributed by atoms with van der Waals surface area (Å²) in [5.41, 5.74) is 6.41. The van der Waals surface area contributed by atoms with Gasteiger partial charge in [0.2, 0.25) is 0 Å². The Balaban J connectivity index is 1.08. The van der Waals surface area contributed by atoms with E-state index in [2.05, 4.69) is 25.6 Å². The fraction of sp³-hybridized carbons (Fsp3) is 0.290. The smallest absolute Gasteiger partial charge is 0.317 e. The quantitative estimate of drug-likeness (QED) is 0.389. The number of carbonyl (C=O) groups excluding carboxylic acids is 2. The molecule has 3 amide bonds. The number of nitrogens with zero attached hydrogens (tertiary/aromatic N) is 6. The number of benzene rings is 2. The molecule has 2 N–H and O–H groups in total. The Morgan fingerprint density at radius 1 is 1.00 bits per heavy atom. The lowest BCUT2D eigenvalue weighted by Gasteiger charge is -2.34. The van der Waals surface area contributed by atoms with Crippen molar-refractivity contribution in [1.29, 1.82) is 0 Å². The van der Waals surface area contributed by atoms with Crippen molar-refractivity contribution in [1.82, 2.24) is 29.9 Å². The van der Waals surface area contributed by atoms with Gasteiger partial charge in [-0.25, -0.2) is 4.79 Å². The number of piperazine rings is 1. The highest BCUT2D eigenvalue weighted by molar-refractivity contribution is 6.08. The SMILES string of the molecule is Cc1cc(C(=O)N2Cc3cnn(C)c3Nc3ccccc32)ccc1CNC(=O)N1CCN(Cc2ccncc2)CC1. The monoisotopic (exact) mass is 550 g/mol. The summed E-state index contributed by atoms with van der Waals surface area (Å²) in [7, 11) is 1.89. The maximum absolute atomic E-state index is 13.8. The van der Waals surface area contributed by atoms with Crippen molar-refractivity contribution in [3.8, 4) is 0 Å². The molecule has 0 saturated carbocycles. The molecule has 4 aromatic rings. The number of hydrogen-bond donors (Lipinski definition) is 2. The number of nitrogens with one attached hydrogen (secondary N) is 2. The molecule has 1 fully saturated rings. The van der Waals surface area contributed by atoms with Gasteiger partial charge in [0.25, 0.3) is 5.91 Å². The zero-order chi connectivity index (χ0) is 28.3. The minimum Gasteiger partial charge on any atom is -0.338 e. The Bertz CT molecular complexity index is 1560. The van der Waals surface area contributed by atoms with E-state index < -0.39 is 0 Å². The molecule has 0 radical (unpaired) electrons. The number of carbonyl (C=O) groups is 2. The van der Waals surface area contributed by atoms with E-state index in [0.717, 1.165) is 53.5 Å². The van der Waals surface area contributed by atoms with E-state index in [0.29, 0.717) is 31.7 Å².